The number of carbonyl (C=O) groups is 1. The molecule has 1 saturated carbocycles. The summed E-state index contributed by atoms with van der Waals surface area (Å²) >= 11 is 6.00. The molecular weight excluding hydrogens is 340 g/mol. The van der Waals surface area contributed by atoms with Gasteiger partial charge in [-0.15, -0.1) is 0 Å². The monoisotopic (exact) mass is 358 g/mol. The highest BCUT2D eigenvalue weighted by molar-refractivity contribution is 6.31. The van der Waals surface area contributed by atoms with Crippen LogP contribution in [0.1, 0.15) is 53.8 Å². The Morgan fingerprint density at radius 2 is 1.96 bits per heavy atom. The molecule has 0 radical (unpaired) electrons. The van der Waals surface area contributed by atoms with Crippen LogP contribution < -0.4 is 5.32 Å². The van der Waals surface area contributed by atoms with Gasteiger partial charge in [0.25, 0.3) is 5.91 Å². The number of rotatable bonds is 3. The number of fused-ring (bicyclic) bond motifs is 1. The standard InChI is InChI=1S/C19H19ClN2O3/c1-11-2-8-17(24-11)18(23)21-14-6-3-12(4-7-14)19-22-15-10-13(20)5-9-16(15)25-19/h2,5,8-10,12,14H,3-4,6-7H2,1H3,(H,21,23). The average molecular weight is 359 g/mol. The molecular formula is C19H19ClN2O3. The molecule has 1 aliphatic rings. The van der Waals surface area contributed by atoms with Crippen molar-refractivity contribution in [2.24, 2.45) is 0 Å². The Morgan fingerprint density at radius 3 is 2.68 bits per heavy atom. The smallest absolute Gasteiger partial charge is 0.287 e. The van der Waals surface area contributed by atoms with Crippen molar-refractivity contribution in [3.63, 3.8) is 0 Å². The number of aromatic nitrogens is 1. The van der Waals surface area contributed by atoms with Crippen molar-refractivity contribution in [2.75, 3.05) is 0 Å². The highest BCUT2D eigenvalue weighted by atomic mass is 35.5. The summed E-state index contributed by atoms with van der Waals surface area (Å²) in [5, 5.41) is 3.71. The van der Waals surface area contributed by atoms with E-state index in [1.165, 1.54) is 0 Å². The summed E-state index contributed by atoms with van der Waals surface area (Å²) in [4.78, 5) is 16.8. The normalized spacial score (nSPS) is 20.7. The Kier molecular flexibility index (Phi) is 4.25. The zero-order valence-corrected chi connectivity index (χ0v) is 14.7. The van der Waals surface area contributed by atoms with Gasteiger partial charge in [-0.2, -0.15) is 0 Å². The van der Waals surface area contributed by atoms with Gasteiger partial charge in [0, 0.05) is 17.0 Å². The van der Waals surface area contributed by atoms with Gasteiger partial charge in [-0.05, 0) is 62.9 Å². The molecule has 1 fully saturated rings. The number of oxazole rings is 1. The molecule has 4 rings (SSSR count). The molecule has 6 heteroatoms. The van der Waals surface area contributed by atoms with Crippen LogP contribution in [-0.2, 0) is 0 Å². The van der Waals surface area contributed by atoms with E-state index in [1.54, 1.807) is 12.1 Å². The largest absolute Gasteiger partial charge is 0.456 e. The first-order chi connectivity index (χ1) is 12.1. The highest BCUT2D eigenvalue weighted by Gasteiger charge is 2.27. The Hall–Kier alpha value is -2.27. The summed E-state index contributed by atoms with van der Waals surface area (Å²) < 4.78 is 11.3. The topological polar surface area (TPSA) is 68.3 Å². The molecule has 3 aromatic rings. The first-order valence-corrected chi connectivity index (χ1v) is 8.89. The highest BCUT2D eigenvalue weighted by Crippen LogP contribution is 2.34. The fraction of sp³-hybridized carbons (Fsp3) is 0.368. The van der Waals surface area contributed by atoms with Gasteiger partial charge in [0.1, 0.15) is 11.3 Å². The maximum Gasteiger partial charge on any atom is 0.287 e. The summed E-state index contributed by atoms with van der Waals surface area (Å²) in [7, 11) is 0. The van der Waals surface area contributed by atoms with E-state index in [0.717, 1.165) is 48.4 Å². The van der Waals surface area contributed by atoms with E-state index in [4.69, 9.17) is 20.4 Å². The van der Waals surface area contributed by atoms with E-state index < -0.39 is 0 Å². The number of amides is 1. The second-order valence-corrected chi connectivity index (χ2v) is 7.03. The van der Waals surface area contributed by atoms with Crippen LogP contribution in [0.25, 0.3) is 11.1 Å². The third kappa shape index (κ3) is 3.42. The lowest BCUT2D eigenvalue weighted by Crippen LogP contribution is -2.37. The first kappa shape index (κ1) is 16.2. The zero-order valence-electron chi connectivity index (χ0n) is 13.9. The number of benzene rings is 1. The van der Waals surface area contributed by atoms with Gasteiger partial charge in [0.05, 0.1) is 0 Å². The van der Waals surface area contributed by atoms with E-state index in [0.29, 0.717) is 10.8 Å². The molecule has 0 aliphatic heterocycles. The fourth-order valence-electron chi connectivity index (χ4n) is 3.39. The maximum absolute atomic E-state index is 12.2. The zero-order chi connectivity index (χ0) is 17.4. The van der Waals surface area contributed by atoms with E-state index in [1.807, 2.05) is 25.1 Å². The first-order valence-electron chi connectivity index (χ1n) is 8.52. The third-order valence-electron chi connectivity index (χ3n) is 4.74. The molecule has 0 unspecified atom stereocenters. The van der Waals surface area contributed by atoms with Crippen molar-refractivity contribution in [1.29, 1.82) is 0 Å². The third-order valence-corrected chi connectivity index (χ3v) is 4.98. The number of aryl methyl sites for hydroxylation is 1. The van der Waals surface area contributed by atoms with Crippen molar-refractivity contribution >= 4 is 28.6 Å². The number of halogens is 1. The molecule has 5 nitrogen and oxygen atoms in total. The number of furan rings is 1. The molecule has 0 atom stereocenters. The quantitative estimate of drug-likeness (QED) is 0.727. The van der Waals surface area contributed by atoms with Crippen LogP contribution in [0.2, 0.25) is 5.02 Å². The van der Waals surface area contributed by atoms with E-state index >= 15 is 0 Å². The Morgan fingerprint density at radius 1 is 1.16 bits per heavy atom. The van der Waals surface area contributed by atoms with Crippen molar-refractivity contribution in [1.82, 2.24) is 10.3 Å². The molecule has 0 bridgehead atoms. The molecule has 1 aromatic carbocycles. The van der Waals surface area contributed by atoms with Gasteiger partial charge in [0.2, 0.25) is 0 Å². The van der Waals surface area contributed by atoms with Gasteiger partial charge in [-0.3, -0.25) is 4.79 Å². The minimum atomic E-state index is -0.145. The molecule has 130 valence electrons. The van der Waals surface area contributed by atoms with Crippen LogP contribution in [0.5, 0.6) is 0 Å². The maximum atomic E-state index is 12.2. The van der Waals surface area contributed by atoms with Crippen LogP contribution in [0, 0.1) is 6.92 Å². The second kappa shape index (κ2) is 6.56. The van der Waals surface area contributed by atoms with Gasteiger partial charge in [0.15, 0.2) is 17.2 Å². The summed E-state index contributed by atoms with van der Waals surface area (Å²) in [6.07, 6.45) is 3.66. The van der Waals surface area contributed by atoms with E-state index in [-0.39, 0.29) is 17.9 Å². The van der Waals surface area contributed by atoms with Crippen molar-refractivity contribution < 1.29 is 13.6 Å². The van der Waals surface area contributed by atoms with E-state index in [9.17, 15) is 4.79 Å². The summed E-state index contributed by atoms with van der Waals surface area (Å²) in [5.74, 6) is 2.02. The van der Waals surface area contributed by atoms with Gasteiger partial charge < -0.3 is 14.2 Å². The molecule has 25 heavy (non-hydrogen) atoms. The van der Waals surface area contributed by atoms with Gasteiger partial charge in [-0.25, -0.2) is 4.98 Å². The average Bonchev–Trinajstić information content (AvgIpc) is 3.21. The van der Waals surface area contributed by atoms with Crippen LogP contribution in [0.4, 0.5) is 0 Å². The number of nitrogens with one attached hydrogen (secondary N) is 1. The Balaban J connectivity index is 1.38. The lowest BCUT2D eigenvalue weighted by atomic mass is 9.86. The predicted octanol–water partition coefficient (Wildman–Crippen LogP) is 4.84. The number of hydrogen-bond donors (Lipinski definition) is 1. The molecule has 2 heterocycles. The van der Waals surface area contributed by atoms with Crippen molar-refractivity contribution in [3.05, 3.63) is 52.8 Å². The van der Waals surface area contributed by atoms with Crippen LogP contribution in [-0.4, -0.2) is 16.9 Å². The number of hydrogen-bond acceptors (Lipinski definition) is 4. The van der Waals surface area contributed by atoms with E-state index in [2.05, 4.69) is 10.3 Å². The molecule has 1 amide bonds. The SMILES string of the molecule is Cc1ccc(C(=O)NC2CCC(c3nc4cc(Cl)ccc4o3)CC2)o1. The number of carbonyl (C=O) groups excluding carboxylic acids is 1. The fourth-order valence-corrected chi connectivity index (χ4v) is 3.56. The minimum absolute atomic E-state index is 0.145. The summed E-state index contributed by atoms with van der Waals surface area (Å²) in [6.45, 7) is 1.83. The van der Waals surface area contributed by atoms with Gasteiger partial charge in [-0.1, -0.05) is 11.6 Å². The molecule has 0 spiro atoms. The lowest BCUT2D eigenvalue weighted by Gasteiger charge is -2.27. The van der Waals surface area contributed by atoms with Crippen molar-refractivity contribution in [3.8, 4) is 0 Å². The lowest BCUT2D eigenvalue weighted by molar-refractivity contribution is 0.0895. The molecule has 1 N–H and O–H groups in total. The van der Waals surface area contributed by atoms with Crippen molar-refractivity contribution in [2.45, 2.75) is 44.6 Å². The number of nitrogens with zero attached hydrogens (tertiary/aromatic N) is 1. The molecule has 0 saturated heterocycles. The molecule has 2 aromatic heterocycles. The van der Waals surface area contributed by atoms with Crippen LogP contribution >= 0.6 is 11.6 Å². The summed E-state index contributed by atoms with van der Waals surface area (Å²) in [6, 6.07) is 9.15. The molecule has 1 aliphatic carbocycles. The summed E-state index contributed by atoms with van der Waals surface area (Å²) in [5.41, 5.74) is 1.56. The Bertz CT molecular complexity index is 906. The van der Waals surface area contributed by atoms with Gasteiger partial charge >= 0.3 is 0 Å². The van der Waals surface area contributed by atoms with Crippen LogP contribution in [0.3, 0.4) is 0 Å². The predicted molar refractivity (Wildman–Crippen MR) is 94.9 cm³/mol. The Labute approximate surface area is 150 Å². The van der Waals surface area contributed by atoms with Crippen LogP contribution in [0.15, 0.2) is 39.2 Å². The minimum Gasteiger partial charge on any atom is -0.456 e. The second-order valence-electron chi connectivity index (χ2n) is 6.60.